The van der Waals surface area contributed by atoms with Crippen LogP contribution in [0.2, 0.25) is 0 Å². The van der Waals surface area contributed by atoms with E-state index >= 15 is 0 Å². The van der Waals surface area contributed by atoms with E-state index in [-0.39, 0.29) is 24.8 Å². The topological polar surface area (TPSA) is 66.6 Å². The second-order valence-corrected chi connectivity index (χ2v) is 3.59. The van der Waals surface area contributed by atoms with Crippen LogP contribution >= 0.6 is 0 Å². The predicted molar refractivity (Wildman–Crippen MR) is 55.6 cm³/mol. The Balaban J connectivity index is 2.55. The molecule has 1 atom stereocenters. The average molecular weight is 209 g/mol. The van der Waals surface area contributed by atoms with E-state index < -0.39 is 6.04 Å². The van der Waals surface area contributed by atoms with Crippen molar-refractivity contribution in [3.05, 3.63) is 0 Å². The molecule has 1 rings (SSSR count). The zero-order valence-electron chi connectivity index (χ0n) is 8.77. The molecule has 1 saturated heterocycles. The molecule has 0 saturated carbocycles. The highest BCUT2D eigenvalue weighted by Gasteiger charge is 2.27. The number of likely N-dealkylation sites (N-methyl/N-ethyl adjacent to an activating group) is 1. The Morgan fingerprint density at radius 3 is 2.87 bits per heavy atom. The molecule has 0 aromatic heterocycles. The first-order valence-corrected chi connectivity index (χ1v) is 4.78. The average Bonchev–Trinajstić information content (AvgIpc) is 2.21. The Morgan fingerprint density at radius 2 is 2.33 bits per heavy atom. The molecular formula is C10H15N3O2. The van der Waals surface area contributed by atoms with E-state index in [0.717, 1.165) is 0 Å². The molecule has 1 aliphatic heterocycles. The molecule has 15 heavy (non-hydrogen) atoms. The van der Waals surface area contributed by atoms with Gasteiger partial charge in [0.1, 0.15) is 0 Å². The maximum absolute atomic E-state index is 11.7. The predicted octanol–water partition coefficient (Wildman–Crippen LogP) is -1.36. The van der Waals surface area contributed by atoms with Crippen LogP contribution in [0.1, 0.15) is 6.42 Å². The summed E-state index contributed by atoms with van der Waals surface area (Å²) in [7, 11) is 1.71. The lowest BCUT2D eigenvalue weighted by Crippen LogP contribution is -2.54. The minimum Gasteiger partial charge on any atom is -0.342 e. The number of hydrogen-bond donors (Lipinski definition) is 1. The summed E-state index contributed by atoms with van der Waals surface area (Å²) in [5, 5.41) is 0. The standard InChI is InChI=1S/C10H15N3O2/c1-3-4-8(11)10(15)13-6-5-12(2)9(14)7-13/h1,8H,4-7,11H2,2H3. The van der Waals surface area contributed by atoms with Crippen molar-refractivity contribution in [2.24, 2.45) is 5.73 Å². The SMILES string of the molecule is C#CCC(N)C(=O)N1CCN(C)C(=O)C1. The first-order valence-electron chi connectivity index (χ1n) is 4.78. The minimum absolute atomic E-state index is 0.0671. The molecule has 0 bridgehead atoms. The summed E-state index contributed by atoms with van der Waals surface area (Å²) in [5.74, 6) is 2.03. The number of carbonyl (C=O) groups is 2. The van der Waals surface area contributed by atoms with E-state index in [1.807, 2.05) is 0 Å². The first kappa shape index (κ1) is 11.5. The van der Waals surface area contributed by atoms with Crippen molar-refractivity contribution in [1.82, 2.24) is 9.80 Å². The summed E-state index contributed by atoms with van der Waals surface area (Å²) in [4.78, 5) is 26.1. The van der Waals surface area contributed by atoms with Crippen molar-refractivity contribution in [3.8, 4) is 12.3 Å². The molecule has 0 aromatic rings. The maximum atomic E-state index is 11.7. The van der Waals surface area contributed by atoms with Gasteiger partial charge in [-0.15, -0.1) is 12.3 Å². The zero-order chi connectivity index (χ0) is 11.4. The number of hydrogen-bond acceptors (Lipinski definition) is 3. The van der Waals surface area contributed by atoms with Gasteiger partial charge < -0.3 is 15.5 Å². The van der Waals surface area contributed by atoms with Gasteiger partial charge in [0.2, 0.25) is 11.8 Å². The molecule has 0 radical (unpaired) electrons. The maximum Gasteiger partial charge on any atom is 0.241 e. The molecule has 0 aromatic carbocycles. The molecular weight excluding hydrogens is 194 g/mol. The zero-order valence-corrected chi connectivity index (χ0v) is 8.77. The van der Waals surface area contributed by atoms with Crippen LogP contribution in [0.5, 0.6) is 0 Å². The summed E-state index contributed by atoms with van der Waals surface area (Å²) in [6, 6.07) is -0.689. The van der Waals surface area contributed by atoms with Gasteiger partial charge >= 0.3 is 0 Å². The normalized spacial score (nSPS) is 18.6. The Hall–Kier alpha value is -1.54. The lowest BCUT2D eigenvalue weighted by molar-refractivity contribution is -0.144. The van der Waals surface area contributed by atoms with Crippen molar-refractivity contribution >= 4 is 11.8 Å². The van der Waals surface area contributed by atoms with Crippen molar-refractivity contribution in [3.63, 3.8) is 0 Å². The molecule has 2 amide bonds. The Labute approximate surface area is 89.2 Å². The third kappa shape index (κ3) is 2.70. The molecule has 5 heteroatoms. The van der Waals surface area contributed by atoms with Crippen LogP contribution in [-0.2, 0) is 9.59 Å². The molecule has 1 heterocycles. The van der Waals surface area contributed by atoms with Crippen LogP contribution in [0.15, 0.2) is 0 Å². The van der Waals surface area contributed by atoms with E-state index in [1.165, 1.54) is 4.90 Å². The molecule has 1 aliphatic rings. The van der Waals surface area contributed by atoms with Gasteiger partial charge in [-0.3, -0.25) is 9.59 Å². The largest absolute Gasteiger partial charge is 0.342 e. The van der Waals surface area contributed by atoms with Gasteiger partial charge in [-0.25, -0.2) is 0 Å². The van der Waals surface area contributed by atoms with E-state index in [0.29, 0.717) is 13.1 Å². The summed E-state index contributed by atoms with van der Waals surface area (Å²) >= 11 is 0. The Morgan fingerprint density at radius 1 is 1.67 bits per heavy atom. The molecule has 1 fully saturated rings. The smallest absolute Gasteiger partial charge is 0.241 e. The number of terminal acetylenes is 1. The fourth-order valence-corrected chi connectivity index (χ4v) is 1.40. The monoisotopic (exact) mass is 209 g/mol. The Kier molecular flexibility index (Phi) is 3.69. The number of carbonyl (C=O) groups excluding carboxylic acids is 2. The van der Waals surface area contributed by atoms with Crippen LogP contribution in [-0.4, -0.2) is 54.3 Å². The second kappa shape index (κ2) is 4.80. The summed E-state index contributed by atoms with van der Waals surface area (Å²) < 4.78 is 0. The molecule has 0 aliphatic carbocycles. The third-order valence-electron chi connectivity index (χ3n) is 2.42. The Bertz CT molecular complexity index is 308. The van der Waals surface area contributed by atoms with Crippen LogP contribution in [0.25, 0.3) is 0 Å². The molecule has 1 unspecified atom stereocenters. The van der Waals surface area contributed by atoms with E-state index in [9.17, 15) is 9.59 Å². The molecule has 5 nitrogen and oxygen atoms in total. The quantitative estimate of drug-likeness (QED) is 0.571. The van der Waals surface area contributed by atoms with Crippen LogP contribution in [0.4, 0.5) is 0 Å². The van der Waals surface area contributed by atoms with Gasteiger partial charge in [-0.05, 0) is 0 Å². The molecule has 82 valence electrons. The second-order valence-electron chi connectivity index (χ2n) is 3.59. The van der Waals surface area contributed by atoms with Crippen molar-refractivity contribution in [2.75, 3.05) is 26.7 Å². The highest BCUT2D eigenvalue weighted by atomic mass is 16.2. The van der Waals surface area contributed by atoms with Gasteiger partial charge in [0, 0.05) is 26.6 Å². The van der Waals surface area contributed by atoms with Gasteiger partial charge in [-0.2, -0.15) is 0 Å². The van der Waals surface area contributed by atoms with Crippen LogP contribution in [0.3, 0.4) is 0 Å². The fourth-order valence-electron chi connectivity index (χ4n) is 1.40. The van der Waals surface area contributed by atoms with Gasteiger partial charge in [0.05, 0.1) is 12.6 Å². The van der Waals surface area contributed by atoms with Crippen LogP contribution < -0.4 is 5.73 Å². The highest BCUT2D eigenvalue weighted by molar-refractivity contribution is 5.88. The summed E-state index contributed by atoms with van der Waals surface area (Å²) in [5.41, 5.74) is 5.58. The van der Waals surface area contributed by atoms with Gasteiger partial charge in [0.15, 0.2) is 0 Å². The third-order valence-corrected chi connectivity index (χ3v) is 2.42. The number of nitrogens with zero attached hydrogens (tertiary/aromatic N) is 2. The van der Waals surface area contributed by atoms with Crippen molar-refractivity contribution in [1.29, 1.82) is 0 Å². The van der Waals surface area contributed by atoms with Gasteiger partial charge in [-0.1, -0.05) is 0 Å². The lowest BCUT2D eigenvalue weighted by atomic mass is 10.2. The fraction of sp³-hybridized carbons (Fsp3) is 0.600. The van der Waals surface area contributed by atoms with Crippen molar-refractivity contribution < 1.29 is 9.59 Å². The lowest BCUT2D eigenvalue weighted by Gasteiger charge is -2.33. The first-order chi connectivity index (χ1) is 7.06. The van der Waals surface area contributed by atoms with Crippen molar-refractivity contribution in [2.45, 2.75) is 12.5 Å². The van der Waals surface area contributed by atoms with E-state index in [2.05, 4.69) is 5.92 Å². The number of amides is 2. The number of nitrogens with two attached hydrogens (primary N) is 1. The van der Waals surface area contributed by atoms with E-state index in [1.54, 1.807) is 11.9 Å². The number of rotatable bonds is 2. The minimum atomic E-state index is -0.689. The van der Waals surface area contributed by atoms with Crippen LogP contribution in [0, 0.1) is 12.3 Å². The molecule has 0 spiro atoms. The summed E-state index contributed by atoms with van der Waals surface area (Å²) in [6.45, 7) is 1.18. The highest BCUT2D eigenvalue weighted by Crippen LogP contribution is 2.03. The summed E-state index contributed by atoms with van der Waals surface area (Å²) in [6.07, 6.45) is 5.28. The van der Waals surface area contributed by atoms with E-state index in [4.69, 9.17) is 12.2 Å². The number of piperazine rings is 1. The van der Waals surface area contributed by atoms with Gasteiger partial charge in [0.25, 0.3) is 0 Å². The molecule has 2 N–H and O–H groups in total.